The summed E-state index contributed by atoms with van der Waals surface area (Å²) < 4.78 is 26.1. The normalized spacial score (nSPS) is 16.6. The van der Waals surface area contributed by atoms with E-state index in [1.165, 1.54) is 18.2 Å². The minimum atomic E-state index is -1.31. The topological polar surface area (TPSA) is 106 Å². The highest BCUT2D eigenvalue weighted by Gasteiger charge is 2.49. The van der Waals surface area contributed by atoms with Crippen LogP contribution >= 0.6 is 11.3 Å². The maximum Gasteiger partial charge on any atom is 0.350 e. The molecule has 10 heteroatoms. The number of halogens is 1. The zero-order valence-corrected chi connectivity index (χ0v) is 23.6. The zero-order chi connectivity index (χ0) is 29.0. The van der Waals surface area contributed by atoms with Gasteiger partial charge in [-0.15, -0.1) is 0 Å². The van der Waals surface area contributed by atoms with Crippen molar-refractivity contribution in [3.63, 3.8) is 0 Å². The number of rotatable bonds is 10. The molecule has 1 amide bonds. The molecule has 0 aliphatic carbocycles. The monoisotopic (exact) mass is 566 g/mol. The summed E-state index contributed by atoms with van der Waals surface area (Å²) in [6.45, 7) is 8.19. The fourth-order valence-electron chi connectivity index (χ4n) is 4.20. The highest BCUT2D eigenvalue weighted by molar-refractivity contribution is 7.17. The number of aliphatic hydroxyl groups is 1. The summed E-state index contributed by atoms with van der Waals surface area (Å²) in [6.07, 6.45) is 1.87. The van der Waals surface area contributed by atoms with Crippen LogP contribution < -0.4 is 9.64 Å². The number of amides is 1. The highest BCUT2D eigenvalue weighted by Crippen LogP contribution is 2.44. The van der Waals surface area contributed by atoms with Gasteiger partial charge in [-0.1, -0.05) is 56.7 Å². The third-order valence-corrected chi connectivity index (χ3v) is 7.40. The van der Waals surface area contributed by atoms with Crippen LogP contribution in [0.3, 0.4) is 0 Å². The number of carbonyl (C=O) groups excluding carboxylic acids is 3. The lowest BCUT2D eigenvalue weighted by Crippen LogP contribution is -2.29. The van der Waals surface area contributed by atoms with E-state index in [4.69, 9.17) is 9.47 Å². The van der Waals surface area contributed by atoms with Gasteiger partial charge in [0.05, 0.1) is 24.5 Å². The van der Waals surface area contributed by atoms with E-state index in [0.29, 0.717) is 18.1 Å². The molecule has 1 fully saturated rings. The van der Waals surface area contributed by atoms with E-state index >= 15 is 4.39 Å². The van der Waals surface area contributed by atoms with Crippen molar-refractivity contribution >= 4 is 39.9 Å². The van der Waals surface area contributed by atoms with Crippen LogP contribution in [-0.2, 0) is 14.3 Å². The van der Waals surface area contributed by atoms with E-state index in [0.717, 1.165) is 29.1 Å². The lowest BCUT2D eigenvalue weighted by molar-refractivity contribution is -0.132. The first kappa shape index (κ1) is 28.9. The van der Waals surface area contributed by atoms with Gasteiger partial charge >= 0.3 is 11.9 Å². The first-order valence-corrected chi connectivity index (χ1v) is 13.9. The molecule has 1 aliphatic rings. The highest BCUT2D eigenvalue weighted by atomic mass is 32.1. The first-order valence-electron chi connectivity index (χ1n) is 13.1. The molecular weight excluding hydrogens is 535 g/mol. The number of nitrogens with zero attached hydrogens (tertiary/aromatic N) is 2. The number of ketones is 1. The third kappa shape index (κ3) is 5.91. The van der Waals surface area contributed by atoms with Crippen LogP contribution in [0.4, 0.5) is 9.52 Å². The van der Waals surface area contributed by atoms with Gasteiger partial charge in [-0.25, -0.2) is 14.2 Å². The Morgan fingerprint density at radius 3 is 2.50 bits per heavy atom. The number of thiazole rings is 1. The van der Waals surface area contributed by atoms with Crippen molar-refractivity contribution in [2.24, 2.45) is 5.92 Å². The molecule has 210 valence electrons. The molecule has 0 spiro atoms. The molecule has 8 nitrogen and oxygen atoms in total. The van der Waals surface area contributed by atoms with Gasteiger partial charge in [-0.3, -0.25) is 14.5 Å². The molecule has 4 rings (SSSR count). The zero-order valence-electron chi connectivity index (χ0n) is 22.8. The smallest absolute Gasteiger partial charge is 0.350 e. The van der Waals surface area contributed by atoms with Gasteiger partial charge in [0.2, 0.25) is 0 Å². The minimum absolute atomic E-state index is 0.000411. The number of aryl methyl sites for hydroxylation is 1. The lowest BCUT2D eigenvalue weighted by Gasteiger charge is -2.23. The van der Waals surface area contributed by atoms with Crippen molar-refractivity contribution in [3.05, 3.63) is 81.6 Å². The van der Waals surface area contributed by atoms with Crippen molar-refractivity contribution in [1.82, 2.24) is 4.98 Å². The van der Waals surface area contributed by atoms with Crippen LogP contribution in [0.1, 0.15) is 66.1 Å². The van der Waals surface area contributed by atoms with Gasteiger partial charge in [-0.2, -0.15) is 0 Å². The van der Waals surface area contributed by atoms with Crippen molar-refractivity contribution in [1.29, 1.82) is 0 Å². The van der Waals surface area contributed by atoms with E-state index in [1.807, 2.05) is 13.8 Å². The van der Waals surface area contributed by atoms with Gasteiger partial charge in [0, 0.05) is 11.1 Å². The summed E-state index contributed by atoms with van der Waals surface area (Å²) in [7, 11) is 0. The predicted molar refractivity (Wildman–Crippen MR) is 150 cm³/mol. The van der Waals surface area contributed by atoms with E-state index in [-0.39, 0.29) is 39.2 Å². The molecule has 1 unspecified atom stereocenters. The lowest BCUT2D eigenvalue weighted by atomic mass is 9.95. The summed E-state index contributed by atoms with van der Waals surface area (Å²) in [5, 5.41) is 11.3. The fraction of sp³-hybridized carbons (Fsp3) is 0.333. The number of esters is 1. The molecule has 1 aliphatic heterocycles. The number of hydrogen-bond donors (Lipinski definition) is 1. The average molecular weight is 567 g/mol. The molecule has 2 heterocycles. The van der Waals surface area contributed by atoms with Crippen molar-refractivity contribution in [2.75, 3.05) is 18.1 Å². The molecule has 40 heavy (non-hydrogen) atoms. The number of Topliss-reactive ketones (excluding diaryl/α,β-unsaturated/α-hetero) is 1. The number of ether oxygens (including phenoxy) is 2. The molecule has 1 N–H and O–H groups in total. The van der Waals surface area contributed by atoms with Crippen molar-refractivity contribution in [3.8, 4) is 5.75 Å². The van der Waals surface area contributed by atoms with E-state index in [2.05, 4.69) is 11.9 Å². The molecule has 1 aromatic heterocycles. The summed E-state index contributed by atoms with van der Waals surface area (Å²) in [5.41, 5.74) is 0.281. The van der Waals surface area contributed by atoms with Crippen molar-refractivity contribution < 1.29 is 33.4 Å². The summed E-state index contributed by atoms with van der Waals surface area (Å²) in [6, 6.07) is 10.8. The van der Waals surface area contributed by atoms with Gasteiger partial charge in [0.1, 0.15) is 28.2 Å². The standard InChI is InChI=1S/C30H31FN2O6S/c1-5-6-15-38-20-13-11-19(12-14-20)25(34)23-24(21-9-7-8-10-22(21)31)33(28(36)26(23)35)30-32-18(4)27(40-30)29(37)39-16-17(2)3/h7-14,17,24,34H,5-6,15-16H2,1-4H3/b25-23-. The Morgan fingerprint density at radius 1 is 1.15 bits per heavy atom. The van der Waals surface area contributed by atoms with Crippen LogP contribution in [0.15, 0.2) is 54.1 Å². The second kappa shape index (κ2) is 12.4. The molecule has 1 atom stereocenters. The maximum absolute atomic E-state index is 15.2. The Morgan fingerprint density at radius 2 is 1.85 bits per heavy atom. The average Bonchev–Trinajstić information content (AvgIpc) is 3.44. The van der Waals surface area contributed by atoms with Crippen molar-refractivity contribution in [2.45, 2.75) is 46.6 Å². The Balaban J connectivity index is 1.79. The molecule has 0 radical (unpaired) electrons. The van der Waals surface area contributed by atoms with Crippen LogP contribution in [0, 0.1) is 18.7 Å². The van der Waals surface area contributed by atoms with E-state index in [1.54, 1.807) is 37.3 Å². The quantitative estimate of drug-likeness (QED) is 0.102. The van der Waals surface area contributed by atoms with Crippen LogP contribution in [0.2, 0.25) is 0 Å². The number of aliphatic hydroxyl groups excluding tert-OH is 1. The second-order valence-electron chi connectivity index (χ2n) is 9.82. The Labute approximate surface area is 236 Å². The summed E-state index contributed by atoms with van der Waals surface area (Å²) >= 11 is 0.872. The number of aromatic nitrogens is 1. The van der Waals surface area contributed by atoms with Crippen LogP contribution in [0.25, 0.3) is 5.76 Å². The number of unbranched alkanes of at least 4 members (excludes halogenated alkanes) is 1. The molecule has 0 bridgehead atoms. The van der Waals surface area contributed by atoms with Gasteiger partial charge in [0.25, 0.3) is 5.78 Å². The van der Waals surface area contributed by atoms with Gasteiger partial charge in [0.15, 0.2) is 5.13 Å². The largest absolute Gasteiger partial charge is 0.507 e. The number of hydrogen-bond acceptors (Lipinski definition) is 8. The number of carbonyl (C=O) groups is 3. The Hall–Kier alpha value is -4.05. The third-order valence-electron chi connectivity index (χ3n) is 6.26. The maximum atomic E-state index is 15.2. The van der Waals surface area contributed by atoms with Crippen LogP contribution in [-0.4, -0.2) is 41.0 Å². The number of anilines is 1. The van der Waals surface area contributed by atoms with E-state index in [9.17, 15) is 19.5 Å². The van der Waals surface area contributed by atoms with Gasteiger partial charge < -0.3 is 14.6 Å². The second-order valence-corrected chi connectivity index (χ2v) is 10.8. The Kier molecular flexibility index (Phi) is 8.99. The molecule has 0 saturated carbocycles. The minimum Gasteiger partial charge on any atom is -0.507 e. The molecule has 3 aromatic rings. The van der Waals surface area contributed by atoms with Gasteiger partial charge in [-0.05, 0) is 49.6 Å². The number of benzene rings is 2. The molecule has 1 saturated heterocycles. The predicted octanol–water partition coefficient (Wildman–Crippen LogP) is 6.21. The molecule has 2 aromatic carbocycles. The SMILES string of the molecule is CCCCOc1ccc(/C(O)=C2/C(=O)C(=O)N(c3nc(C)c(C(=O)OCC(C)C)s3)C2c2ccccc2F)cc1. The van der Waals surface area contributed by atoms with Crippen LogP contribution in [0.5, 0.6) is 5.75 Å². The summed E-state index contributed by atoms with van der Waals surface area (Å²) in [4.78, 5) is 45.0. The Bertz CT molecular complexity index is 1450. The van der Waals surface area contributed by atoms with E-state index < -0.39 is 35.3 Å². The summed E-state index contributed by atoms with van der Waals surface area (Å²) in [5.74, 6) is -3.01. The first-order chi connectivity index (χ1) is 19.1. The fourth-order valence-corrected chi connectivity index (χ4v) is 5.19. The molecular formula is C30H31FN2O6S.